The van der Waals surface area contributed by atoms with Crippen molar-refractivity contribution in [2.45, 2.75) is 85.5 Å². The minimum absolute atomic E-state index is 0.104. The number of para-hydroxylation sites is 1. The molecule has 8 heteroatoms. The smallest absolute Gasteiger partial charge is 0.408 e. The molecule has 0 fully saturated rings. The number of nitrogens with zero attached hydrogens (tertiary/aromatic N) is 1. The molecule has 0 aliphatic carbocycles. The van der Waals surface area contributed by atoms with Gasteiger partial charge in [-0.2, -0.15) is 0 Å². The largest absolute Gasteiger partial charge is 0.444 e. The number of aryl methyl sites for hydroxylation is 1. The standard InChI is InChI=1S/C29H40ClN3O4/c1-18(2)17-23(31-28(36)37-29(6,7)8)27(35)33(19(3)4)25(21-14-10-9-11-15-21)26(34)32-24-20(5)13-12-16-22(24)30/h9-16,18-19,23,25H,17H2,1-8H3,(H,31,36)(H,32,34). The van der Waals surface area contributed by atoms with Gasteiger partial charge in [-0.05, 0) is 71.1 Å². The monoisotopic (exact) mass is 529 g/mol. The highest BCUT2D eigenvalue weighted by atomic mass is 35.5. The van der Waals surface area contributed by atoms with Crippen LogP contribution >= 0.6 is 11.6 Å². The second-order valence-electron chi connectivity index (χ2n) is 10.9. The van der Waals surface area contributed by atoms with E-state index < -0.39 is 29.7 Å². The summed E-state index contributed by atoms with van der Waals surface area (Å²) in [4.78, 5) is 42.1. The molecule has 7 nitrogen and oxygen atoms in total. The first kappa shape index (κ1) is 30.2. The summed E-state index contributed by atoms with van der Waals surface area (Å²) in [7, 11) is 0. The number of rotatable bonds is 9. The minimum Gasteiger partial charge on any atom is -0.444 e. The lowest BCUT2D eigenvalue weighted by atomic mass is 9.98. The van der Waals surface area contributed by atoms with Gasteiger partial charge in [0.1, 0.15) is 17.7 Å². The molecule has 202 valence electrons. The van der Waals surface area contributed by atoms with Crippen molar-refractivity contribution < 1.29 is 19.1 Å². The second-order valence-corrected chi connectivity index (χ2v) is 11.3. The van der Waals surface area contributed by atoms with E-state index in [1.807, 2.05) is 77.1 Å². The fraction of sp³-hybridized carbons (Fsp3) is 0.483. The van der Waals surface area contributed by atoms with Gasteiger partial charge in [0, 0.05) is 6.04 Å². The van der Waals surface area contributed by atoms with Crippen molar-refractivity contribution in [3.8, 4) is 0 Å². The van der Waals surface area contributed by atoms with Crippen LogP contribution in [0.4, 0.5) is 10.5 Å². The molecular formula is C29H40ClN3O4. The van der Waals surface area contributed by atoms with Gasteiger partial charge in [-0.15, -0.1) is 0 Å². The van der Waals surface area contributed by atoms with Crippen molar-refractivity contribution in [1.29, 1.82) is 0 Å². The highest BCUT2D eigenvalue weighted by molar-refractivity contribution is 6.34. The number of hydrogen-bond donors (Lipinski definition) is 2. The van der Waals surface area contributed by atoms with E-state index in [1.165, 1.54) is 4.90 Å². The third-order valence-corrected chi connectivity index (χ3v) is 5.93. The zero-order chi connectivity index (χ0) is 27.9. The third kappa shape index (κ3) is 8.78. The summed E-state index contributed by atoms with van der Waals surface area (Å²) in [6, 6.07) is 12.3. The van der Waals surface area contributed by atoms with Crippen molar-refractivity contribution >= 4 is 35.2 Å². The highest BCUT2D eigenvalue weighted by Gasteiger charge is 2.38. The lowest BCUT2D eigenvalue weighted by Crippen LogP contribution is -2.54. The molecule has 0 aliphatic rings. The van der Waals surface area contributed by atoms with E-state index >= 15 is 0 Å². The van der Waals surface area contributed by atoms with Crippen LogP contribution in [0, 0.1) is 12.8 Å². The van der Waals surface area contributed by atoms with Gasteiger partial charge < -0.3 is 20.3 Å². The second kappa shape index (κ2) is 13.0. The Labute approximate surface area is 225 Å². The Hall–Kier alpha value is -3.06. The number of benzene rings is 2. The molecule has 0 heterocycles. The molecular weight excluding hydrogens is 490 g/mol. The summed E-state index contributed by atoms with van der Waals surface area (Å²) < 4.78 is 5.42. The van der Waals surface area contributed by atoms with Gasteiger partial charge in [0.2, 0.25) is 5.91 Å². The summed E-state index contributed by atoms with van der Waals surface area (Å²) >= 11 is 6.39. The van der Waals surface area contributed by atoms with E-state index in [0.717, 1.165) is 5.56 Å². The fourth-order valence-corrected chi connectivity index (χ4v) is 4.33. The molecule has 2 rings (SSSR count). The number of nitrogens with one attached hydrogen (secondary N) is 2. The molecule has 0 aromatic heterocycles. The first-order valence-corrected chi connectivity index (χ1v) is 13.0. The SMILES string of the molecule is Cc1cccc(Cl)c1NC(=O)C(c1ccccc1)N(C(=O)C(CC(C)C)NC(=O)OC(C)(C)C)C(C)C. The number of anilines is 1. The number of ether oxygens (including phenoxy) is 1. The van der Waals surface area contributed by atoms with E-state index in [2.05, 4.69) is 10.6 Å². The average Bonchev–Trinajstić information content (AvgIpc) is 2.77. The lowest BCUT2D eigenvalue weighted by molar-refractivity contribution is -0.143. The van der Waals surface area contributed by atoms with Crippen molar-refractivity contribution in [1.82, 2.24) is 10.2 Å². The first-order chi connectivity index (χ1) is 17.2. The predicted molar refractivity (Wildman–Crippen MR) is 149 cm³/mol. The Bertz CT molecular complexity index is 1060. The maximum absolute atomic E-state index is 14.1. The molecule has 0 saturated carbocycles. The van der Waals surface area contributed by atoms with Gasteiger partial charge in [0.15, 0.2) is 0 Å². The number of carbonyl (C=O) groups excluding carboxylic acids is 3. The molecule has 2 atom stereocenters. The molecule has 37 heavy (non-hydrogen) atoms. The van der Waals surface area contributed by atoms with Crippen LogP contribution in [0.25, 0.3) is 0 Å². The quantitative estimate of drug-likeness (QED) is 0.388. The predicted octanol–water partition coefficient (Wildman–Crippen LogP) is 6.50. The summed E-state index contributed by atoms with van der Waals surface area (Å²) in [5, 5.41) is 6.10. The van der Waals surface area contributed by atoms with Crippen molar-refractivity contribution in [2.24, 2.45) is 5.92 Å². The molecule has 0 radical (unpaired) electrons. The Kier molecular flexibility index (Phi) is 10.6. The van der Waals surface area contributed by atoms with Crippen molar-refractivity contribution in [2.75, 3.05) is 5.32 Å². The van der Waals surface area contributed by atoms with Crippen LogP contribution in [0.15, 0.2) is 48.5 Å². The van der Waals surface area contributed by atoms with Gasteiger partial charge in [-0.3, -0.25) is 9.59 Å². The average molecular weight is 530 g/mol. The van der Waals surface area contributed by atoms with Crippen LogP contribution in [-0.4, -0.2) is 40.5 Å². The molecule has 3 amide bonds. The zero-order valence-electron chi connectivity index (χ0n) is 23.1. The van der Waals surface area contributed by atoms with Gasteiger partial charge in [0.05, 0.1) is 10.7 Å². The van der Waals surface area contributed by atoms with E-state index in [-0.39, 0.29) is 17.9 Å². The maximum atomic E-state index is 14.1. The normalized spacial score (nSPS) is 13.2. The number of carbonyl (C=O) groups is 3. The molecule has 0 aliphatic heterocycles. The summed E-state index contributed by atoms with van der Waals surface area (Å²) in [5.41, 5.74) is 1.23. The number of alkyl carbamates (subject to hydrolysis) is 1. The number of hydrogen-bond acceptors (Lipinski definition) is 4. The molecule has 0 saturated heterocycles. The Balaban J connectivity index is 2.51. The number of halogens is 1. The van der Waals surface area contributed by atoms with Gasteiger partial charge >= 0.3 is 6.09 Å². The fourth-order valence-electron chi connectivity index (χ4n) is 4.06. The highest BCUT2D eigenvalue weighted by Crippen LogP contribution is 2.30. The van der Waals surface area contributed by atoms with Crippen LogP contribution in [0.1, 0.15) is 72.1 Å². The van der Waals surface area contributed by atoms with E-state index in [1.54, 1.807) is 26.8 Å². The van der Waals surface area contributed by atoms with Crippen molar-refractivity contribution in [3.05, 3.63) is 64.7 Å². The molecule has 2 aromatic rings. The van der Waals surface area contributed by atoms with E-state index in [0.29, 0.717) is 22.7 Å². The Morgan fingerprint density at radius 2 is 1.59 bits per heavy atom. The van der Waals surface area contributed by atoms with Gasteiger partial charge in [-0.25, -0.2) is 4.79 Å². The third-order valence-electron chi connectivity index (χ3n) is 5.62. The van der Waals surface area contributed by atoms with E-state index in [4.69, 9.17) is 16.3 Å². The molecule has 2 N–H and O–H groups in total. The van der Waals surface area contributed by atoms with Crippen LogP contribution < -0.4 is 10.6 Å². The Morgan fingerprint density at radius 1 is 0.973 bits per heavy atom. The number of amides is 3. The van der Waals surface area contributed by atoms with Crippen molar-refractivity contribution in [3.63, 3.8) is 0 Å². The first-order valence-electron chi connectivity index (χ1n) is 12.6. The van der Waals surface area contributed by atoms with Crippen LogP contribution in [-0.2, 0) is 14.3 Å². The maximum Gasteiger partial charge on any atom is 0.408 e. The molecule has 2 aromatic carbocycles. The molecule has 2 unspecified atom stereocenters. The van der Waals surface area contributed by atoms with Gasteiger partial charge in [-0.1, -0.05) is 67.9 Å². The van der Waals surface area contributed by atoms with E-state index in [9.17, 15) is 14.4 Å². The van der Waals surface area contributed by atoms with Crippen LogP contribution in [0.2, 0.25) is 5.02 Å². The van der Waals surface area contributed by atoms with Crippen LogP contribution in [0.3, 0.4) is 0 Å². The van der Waals surface area contributed by atoms with Gasteiger partial charge in [0.25, 0.3) is 5.91 Å². The Morgan fingerprint density at radius 3 is 2.11 bits per heavy atom. The van der Waals surface area contributed by atoms with Crippen LogP contribution in [0.5, 0.6) is 0 Å². The summed E-state index contributed by atoms with van der Waals surface area (Å²) in [6.07, 6.45) is -0.295. The zero-order valence-corrected chi connectivity index (χ0v) is 23.8. The topological polar surface area (TPSA) is 87.7 Å². The molecule has 0 spiro atoms. The lowest BCUT2D eigenvalue weighted by Gasteiger charge is -2.37. The summed E-state index contributed by atoms with van der Waals surface area (Å²) in [5.74, 6) is -0.660. The minimum atomic E-state index is -0.959. The molecule has 0 bridgehead atoms. The summed E-state index contributed by atoms with van der Waals surface area (Å²) in [6.45, 7) is 14.8.